The minimum absolute atomic E-state index is 0.0572. The van der Waals surface area contributed by atoms with Gasteiger partial charge in [0.25, 0.3) is 5.91 Å². The number of methoxy groups -OCH3 is 1. The Labute approximate surface area is 236 Å². The molecule has 5 rings (SSSR count). The van der Waals surface area contributed by atoms with Crippen LogP contribution in [0.15, 0.2) is 30.3 Å². The number of amides is 1. The molecule has 2 N–H and O–H groups in total. The van der Waals surface area contributed by atoms with Crippen molar-refractivity contribution in [2.75, 3.05) is 44.7 Å². The number of carbonyl (C=O) groups excluding carboxylic acids is 1. The Morgan fingerprint density at radius 1 is 1.02 bits per heavy atom. The van der Waals surface area contributed by atoms with Gasteiger partial charge in [0.2, 0.25) is 0 Å². The molecular weight excluding hydrogens is 508 g/mol. The summed E-state index contributed by atoms with van der Waals surface area (Å²) in [5.74, 6) is 2.51. The summed E-state index contributed by atoms with van der Waals surface area (Å²) in [5, 5.41) is 30.6. The van der Waals surface area contributed by atoms with Gasteiger partial charge in [-0.2, -0.15) is 5.26 Å². The summed E-state index contributed by atoms with van der Waals surface area (Å²) < 4.78 is 11.4. The fourth-order valence-corrected chi connectivity index (χ4v) is 6.04. The molecule has 40 heavy (non-hydrogen) atoms. The first-order chi connectivity index (χ1) is 19.5. The first kappa shape index (κ1) is 28.1. The summed E-state index contributed by atoms with van der Waals surface area (Å²) in [7, 11) is 1.54. The maximum Gasteiger partial charge on any atom is 0.272 e. The Hall–Kier alpha value is -3.42. The van der Waals surface area contributed by atoms with E-state index in [9.17, 15) is 9.90 Å². The molecule has 214 valence electrons. The number of hydrogen-bond donors (Lipinski definition) is 2. The second kappa shape index (κ2) is 13.3. The van der Waals surface area contributed by atoms with E-state index < -0.39 is 0 Å². The first-order valence-electron chi connectivity index (χ1n) is 14.6. The van der Waals surface area contributed by atoms with E-state index in [0.717, 1.165) is 89.9 Å². The molecule has 3 aliphatic rings. The van der Waals surface area contributed by atoms with Crippen LogP contribution in [0.25, 0.3) is 0 Å². The lowest BCUT2D eigenvalue weighted by atomic mass is 9.92. The lowest BCUT2D eigenvalue weighted by Gasteiger charge is -2.37. The van der Waals surface area contributed by atoms with Gasteiger partial charge in [-0.1, -0.05) is 0 Å². The largest absolute Gasteiger partial charge is 0.495 e. The number of benzene rings is 1. The highest BCUT2D eigenvalue weighted by Gasteiger charge is 2.27. The van der Waals surface area contributed by atoms with Gasteiger partial charge in [0.05, 0.1) is 24.9 Å². The molecular formula is C30H40N6O4. The van der Waals surface area contributed by atoms with Crippen LogP contribution in [0.3, 0.4) is 0 Å². The molecule has 10 nitrogen and oxygen atoms in total. The van der Waals surface area contributed by atoms with E-state index in [4.69, 9.17) is 14.7 Å². The number of piperidine rings is 2. The predicted molar refractivity (Wildman–Crippen MR) is 150 cm³/mol. The Balaban J connectivity index is 1.04. The third kappa shape index (κ3) is 7.20. The normalized spacial score (nSPS) is 22.9. The Kier molecular flexibility index (Phi) is 9.34. The van der Waals surface area contributed by atoms with Crippen molar-refractivity contribution in [1.82, 2.24) is 20.4 Å². The zero-order chi connectivity index (χ0) is 27.9. The predicted octanol–water partition coefficient (Wildman–Crippen LogP) is 3.15. The summed E-state index contributed by atoms with van der Waals surface area (Å²) in [6.45, 7) is 5.01. The van der Waals surface area contributed by atoms with Crippen molar-refractivity contribution >= 4 is 11.7 Å². The fourth-order valence-electron chi connectivity index (χ4n) is 6.04. The summed E-state index contributed by atoms with van der Waals surface area (Å²) >= 11 is 0. The number of ether oxygens (including phenoxy) is 2. The molecule has 1 aromatic heterocycles. The van der Waals surface area contributed by atoms with E-state index in [1.165, 1.54) is 0 Å². The molecule has 10 heteroatoms. The van der Waals surface area contributed by atoms with Crippen molar-refractivity contribution in [1.29, 1.82) is 5.26 Å². The molecule has 2 aliphatic heterocycles. The fraction of sp³-hybridized carbons (Fsp3) is 0.600. The summed E-state index contributed by atoms with van der Waals surface area (Å²) in [6, 6.07) is 11.1. The van der Waals surface area contributed by atoms with Gasteiger partial charge >= 0.3 is 0 Å². The van der Waals surface area contributed by atoms with Crippen LogP contribution >= 0.6 is 0 Å². The van der Waals surface area contributed by atoms with E-state index in [1.807, 2.05) is 6.07 Å². The SMILES string of the molecule is COc1cc(OC2CCC(NC(=O)c3ccc(N4CCC(CN5CCC(O)CC5)CC4)nn3)CC2)ccc1C#N. The van der Waals surface area contributed by atoms with Crippen LogP contribution in [0, 0.1) is 17.2 Å². The molecule has 3 heterocycles. The van der Waals surface area contributed by atoms with Crippen molar-refractivity contribution in [2.24, 2.45) is 5.92 Å². The summed E-state index contributed by atoms with van der Waals surface area (Å²) in [4.78, 5) is 17.6. The molecule has 2 aromatic rings. The van der Waals surface area contributed by atoms with E-state index in [-0.39, 0.29) is 24.2 Å². The van der Waals surface area contributed by atoms with E-state index in [0.29, 0.717) is 28.7 Å². The number of hydrogen-bond acceptors (Lipinski definition) is 9. The van der Waals surface area contributed by atoms with Crippen LogP contribution in [0.1, 0.15) is 67.4 Å². The van der Waals surface area contributed by atoms with E-state index in [1.54, 1.807) is 31.4 Å². The van der Waals surface area contributed by atoms with Gasteiger partial charge in [0.15, 0.2) is 11.5 Å². The topological polar surface area (TPSA) is 124 Å². The minimum Gasteiger partial charge on any atom is -0.495 e. The van der Waals surface area contributed by atoms with Gasteiger partial charge in [-0.25, -0.2) is 0 Å². The average molecular weight is 549 g/mol. The highest BCUT2D eigenvalue weighted by atomic mass is 16.5. The standard InChI is InChI=1S/C30H40N6O4/c1-39-28-18-26(5-2-22(28)19-31)40-25-6-3-23(4-7-25)32-30(38)27-8-9-29(34-33-27)36-16-10-21(11-17-36)20-35-14-12-24(37)13-15-35/h2,5,8-9,18,21,23-25,37H,3-4,6-7,10-17,20H2,1H3,(H,32,38). The molecule has 2 saturated heterocycles. The molecule has 1 aromatic carbocycles. The van der Waals surface area contributed by atoms with Crippen molar-refractivity contribution in [3.05, 3.63) is 41.6 Å². The van der Waals surface area contributed by atoms with Crippen LogP contribution in [0.4, 0.5) is 5.82 Å². The van der Waals surface area contributed by atoms with Crippen LogP contribution in [0.2, 0.25) is 0 Å². The van der Waals surface area contributed by atoms with Crippen LogP contribution in [-0.2, 0) is 0 Å². The Morgan fingerprint density at radius 3 is 2.42 bits per heavy atom. The van der Waals surface area contributed by atoms with Gasteiger partial charge in [-0.05, 0) is 81.5 Å². The molecule has 0 spiro atoms. The van der Waals surface area contributed by atoms with E-state index in [2.05, 4.69) is 31.4 Å². The summed E-state index contributed by atoms with van der Waals surface area (Å²) in [5.41, 5.74) is 0.821. The van der Waals surface area contributed by atoms with Gasteiger partial charge in [0.1, 0.15) is 17.6 Å². The third-order valence-electron chi connectivity index (χ3n) is 8.50. The van der Waals surface area contributed by atoms with Crippen molar-refractivity contribution in [2.45, 2.75) is 69.6 Å². The third-order valence-corrected chi connectivity index (χ3v) is 8.50. The Morgan fingerprint density at radius 2 is 1.77 bits per heavy atom. The number of rotatable bonds is 8. The second-order valence-corrected chi connectivity index (χ2v) is 11.3. The summed E-state index contributed by atoms with van der Waals surface area (Å²) in [6.07, 6.45) is 7.25. The quantitative estimate of drug-likeness (QED) is 0.512. The minimum atomic E-state index is -0.189. The lowest BCUT2D eigenvalue weighted by molar-refractivity contribution is 0.0723. The lowest BCUT2D eigenvalue weighted by Crippen LogP contribution is -2.42. The van der Waals surface area contributed by atoms with Crippen LogP contribution in [-0.4, -0.2) is 84.2 Å². The number of anilines is 1. The molecule has 1 amide bonds. The van der Waals surface area contributed by atoms with Gasteiger partial charge < -0.3 is 29.7 Å². The number of nitrogens with zero attached hydrogens (tertiary/aromatic N) is 5. The highest BCUT2D eigenvalue weighted by Crippen LogP contribution is 2.29. The number of carbonyl (C=O) groups is 1. The number of likely N-dealkylation sites (tertiary alicyclic amines) is 1. The molecule has 0 unspecified atom stereocenters. The monoisotopic (exact) mass is 548 g/mol. The molecule has 0 atom stereocenters. The molecule has 0 bridgehead atoms. The van der Waals surface area contributed by atoms with Gasteiger partial charge in [-0.3, -0.25) is 4.79 Å². The molecule has 1 aliphatic carbocycles. The smallest absolute Gasteiger partial charge is 0.272 e. The molecule has 0 radical (unpaired) electrons. The number of aliphatic hydroxyl groups is 1. The highest BCUT2D eigenvalue weighted by molar-refractivity contribution is 5.92. The number of aromatic nitrogens is 2. The van der Waals surface area contributed by atoms with Crippen LogP contribution < -0.4 is 19.7 Å². The first-order valence-corrected chi connectivity index (χ1v) is 14.6. The van der Waals surface area contributed by atoms with Gasteiger partial charge in [-0.15, -0.1) is 10.2 Å². The molecule has 1 saturated carbocycles. The average Bonchev–Trinajstić information content (AvgIpc) is 2.99. The van der Waals surface area contributed by atoms with Crippen molar-refractivity contribution in [3.63, 3.8) is 0 Å². The maximum atomic E-state index is 12.8. The second-order valence-electron chi connectivity index (χ2n) is 11.3. The molecule has 3 fully saturated rings. The maximum absolute atomic E-state index is 12.8. The van der Waals surface area contributed by atoms with Gasteiger partial charge in [0, 0.05) is 44.8 Å². The van der Waals surface area contributed by atoms with Crippen molar-refractivity contribution in [3.8, 4) is 17.6 Å². The van der Waals surface area contributed by atoms with Crippen molar-refractivity contribution < 1.29 is 19.4 Å². The van der Waals surface area contributed by atoms with E-state index >= 15 is 0 Å². The Bertz CT molecular complexity index is 1160. The zero-order valence-corrected chi connectivity index (χ0v) is 23.3. The number of nitrogens with one attached hydrogen (secondary N) is 1. The number of nitriles is 1. The zero-order valence-electron chi connectivity index (χ0n) is 23.3. The number of aliphatic hydroxyl groups excluding tert-OH is 1. The van der Waals surface area contributed by atoms with Crippen LogP contribution in [0.5, 0.6) is 11.5 Å².